The standard InChI is InChI=1S/C14H11BrClNO3/c1-9-3-2-4-12(17(18)19)14(9)20-13-7-11(15)6-5-10(13)8-16/h2-7H,8H2,1H3. The summed E-state index contributed by atoms with van der Waals surface area (Å²) in [5.74, 6) is 1.01. The minimum absolute atomic E-state index is 0.0644. The Bertz CT molecular complexity index is 661. The molecule has 0 unspecified atom stereocenters. The van der Waals surface area contributed by atoms with Crippen molar-refractivity contribution in [1.82, 2.24) is 0 Å². The topological polar surface area (TPSA) is 52.4 Å². The summed E-state index contributed by atoms with van der Waals surface area (Å²) in [6.45, 7) is 1.76. The number of nitrogens with zero attached hydrogens (tertiary/aromatic N) is 1. The van der Waals surface area contributed by atoms with Crippen molar-refractivity contribution in [2.45, 2.75) is 12.8 Å². The number of hydrogen-bond donors (Lipinski definition) is 0. The fourth-order valence-corrected chi connectivity index (χ4v) is 2.32. The summed E-state index contributed by atoms with van der Waals surface area (Å²) in [4.78, 5) is 10.6. The molecule has 2 aromatic carbocycles. The van der Waals surface area contributed by atoms with Crippen molar-refractivity contribution in [3.63, 3.8) is 0 Å². The zero-order chi connectivity index (χ0) is 14.7. The molecule has 0 radical (unpaired) electrons. The van der Waals surface area contributed by atoms with Gasteiger partial charge in [-0.25, -0.2) is 0 Å². The van der Waals surface area contributed by atoms with Gasteiger partial charge in [0.25, 0.3) is 0 Å². The molecule has 2 aromatic rings. The maximum atomic E-state index is 11.1. The predicted molar refractivity (Wildman–Crippen MR) is 81.6 cm³/mol. The number of halogens is 2. The minimum atomic E-state index is -0.458. The van der Waals surface area contributed by atoms with Gasteiger partial charge >= 0.3 is 5.69 Å². The molecule has 6 heteroatoms. The second-order valence-electron chi connectivity index (χ2n) is 4.17. The van der Waals surface area contributed by atoms with Crippen LogP contribution >= 0.6 is 27.5 Å². The molecule has 104 valence electrons. The van der Waals surface area contributed by atoms with Crippen LogP contribution in [0, 0.1) is 17.0 Å². The third kappa shape index (κ3) is 3.11. The van der Waals surface area contributed by atoms with Gasteiger partial charge in [0.15, 0.2) is 0 Å². The molecular weight excluding hydrogens is 346 g/mol. The van der Waals surface area contributed by atoms with E-state index in [9.17, 15) is 10.1 Å². The summed E-state index contributed by atoms with van der Waals surface area (Å²) >= 11 is 9.21. The van der Waals surface area contributed by atoms with Gasteiger partial charge in [0.05, 0.1) is 10.8 Å². The lowest BCUT2D eigenvalue weighted by Gasteiger charge is -2.12. The second-order valence-corrected chi connectivity index (χ2v) is 5.35. The summed E-state index contributed by atoms with van der Waals surface area (Å²) in [7, 11) is 0. The SMILES string of the molecule is Cc1cccc([N+](=O)[O-])c1Oc1cc(Br)ccc1CCl. The van der Waals surface area contributed by atoms with Gasteiger partial charge < -0.3 is 4.74 Å². The molecule has 0 aliphatic rings. The van der Waals surface area contributed by atoms with E-state index >= 15 is 0 Å². The molecule has 0 spiro atoms. The van der Waals surface area contributed by atoms with Gasteiger partial charge in [-0.3, -0.25) is 10.1 Å². The third-order valence-corrected chi connectivity index (χ3v) is 3.55. The van der Waals surface area contributed by atoms with E-state index in [1.165, 1.54) is 6.07 Å². The van der Waals surface area contributed by atoms with Crippen molar-refractivity contribution >= 4 is 33.2 Å². The van der Waals surface area contributed by atoms with Crippen LogP contribution in [0.5, 0.6) is 11.5 Å². The minimum Gasteiger partial charge on any atom is -0.449 e. The number of aryl methyl sites for hydroxylation is 1. The molecular formula is C14H11BrClNO3. The molecule has 0 amide bonds. The van der Waals surface area contributed by atoms with Crippen LogP contribution in [-0.2, 0) is 5.88 Å². The Kier molecular flexibility index (Phi) is 4.62. The van der Waals surface area contributed by atoms with E-state index in [4.69, 9.17) is 16.3 Å². The molecule has 2 rings (SSSR count). The largest absolute Gasteiger partial charge is 0.449 e. The van der Waals surface area contributed by atoms with E-state index in [0.29, 0.717) is 11.3 Å². The first-order chi connectivity index (χ1) is 9.52. The van der Waals surface area contributed by atoms with E-state index in [1.807, 2.05) is 12.1 Å². The average molecular weight is 357 g/mol. The highest BCUT2D eigenvalue weighted by Crippen LogP contribution is 2.37. The molecule has 0 saturated carbocycles. The first-order valence-electron chi connectivity index (χ1n) is 5.79. The van der Waals surface area contributed by atoms with Crippen molar-refractivity contribution in [3.05, 3.63) is 62.1 Å². The monoisotopic (exact) mass is 355 g/mol. The smallest absolute Gasteiger partial charge is 0.311 e. The first kappa shape index (κ1) is 14.8. The number of ether oxygens (including phenoxy) is 1. The Morgan fingerprint density at radius 3 is 2.75 bits per heavy atom. The lowest BCUT2D eigenvalue weighted by atomic mass is 10.2. The molecule has 0 fully saturated rings. The van der Waals surface area contributed by atoms with Crippen LogP contribution in [0.15, 0.2) is 40.9 Å². The lowest BCUT2D eigenvalue weighted by molar-refractivity contribution is -0.385. The molecule has 0 aliphatic heterocycles. The van der Waals surface area contributed by atoms with Gasteiger partial charge in [0, 0.05) is 16.1 Å². The normalized spacial score (nSPS) is 10.3. The molecule has 4 nitrogen and oxygen atoms in total. The van der Waals surface area contributed by atoms with Crippen molar-refractivity contribution in [1.29, 1.82) is 0 Å². The second kappa shape index (κ2) is 6.24. The highest BCUT2D eigenvalue weighted by molar-refractivity contribution is 9.10. The van der Waals surface area contributed by atoms with Crippen LogP contribution in [0.25, 0.3) is 0 Å². The molecule has 0 heterocycles. The maximum Gasteiger partial charge on any atom is 0.311 e. The van der Waals surface area contributed by atoms with Gasteiger partial charge in [-0.1, -0.05) is 34.1 Å². The highest BCUT2D eigenvalue weighted by Gasteiger charge is 2.19. The van der Waals surface area contributed by atoms with Crippen LogP contribution in [0.1, 0.15) is 11.1 Å². The summed E-state index contributed by atoms with van der Waals surface area (Å²) in [5, 5.41) is 11.1. The van der Waals surface area contributed by atoms with Gasteiger partial charge in [-0.15, -0.1) is 11.6 Å². The van der Waals surface area contributed by atoms with Crippen molar-refractivity contribution in [2.24, 2.45) is 0 Å². The lowest BCUT2D eigenvalue weighted by Crippen LogP contribution is -1.97. The van der Waals surface area contributed by atoms with E-state index in [1.54, 1.807) is 25.1 Å². The average Bonchev–Trinajstić information content (AvgIpc) is 2.41. The quantitative estimate of drug-likeness (QED) is 0.430. The predicted octanol–water partition coefficient (Wildman–Crippen LogP) is 5.20. The fraction of sp³-hybridized carbons (Fsp3) is 0.143. The molecule has 0 atom stereocenters. The number of nitro benzene ring substituents is 1. The zero-order valence-electron chi connectivity index (χ0n) is 10.6. The Balaban J connectivity index is 2.50. The molecule has 0 bridgehead atoms. The maximum absolute atomic E-state index is 11.1. The van der Waals surface area contributed by atoms with Crippen molar-refractivity contribution < 1.29 is 9.66 Å². The van der Waals surface area contributed by atoms with Crippen LogP contribution in [0.3, 0.4) is 0 Å². The summed E-state index contributed by atoms with van der Waals surface area (Å²) in [6, 6.07) is 10.2. The van der Waals surface area contributed by atoms with Gasteiger partial charge in [0.2, 0.25) is 5.75 Å². The fourth-order valence-electron chi connectivity index (χ4n) is 1.76. The third-order valence-electron chi connectivity index (χ3n) is 2.77. The summed E-state index contributed by atoms with van der Waals surface area (Å²) in [5.41, 5.74) is 1.40. The van der Waals surface area contributed by atoms with Crippen LogP contribution in [0.4, 0.5) is 5.69 Å². The van der Waals surface area contributed by atoms with Crippen LogP contribution in [-0.4, -0.2) is 4.92 Å². The number of nitro groups is 1. The van der Waals surface area contributed by atoms with Crippen molar-refractivity contribution in [3.8, 4) is 11.5 Å². The molecule has 0 aliphatic carbocycles. The van der Waals surface area contributed by atoms with E-state index in [0.717, 1.165) is 10.0 Å². The van der Waals surface area contributed by atoms with Crippen molar-refractivity contribution in [2.75, 3.05) is 0 Å². The van der Waals surface area contributed by atoms with Gasteiger partial charge in [0.1, 0.15) is 5.75 Å². The number of alkyl halides is 1. The Morgan fingerprint density at radius 1 is 1.35 bits per heavy atom. The molecule has 20 heavy (non-hydrogen) atoms. The summed E-state index contributed by atoms with van der Waals surface area (Å²) < 4.78 is 6.57. The Labute approximate surface area is 129 Å². The van der Waals surface area contributed by atoms with Gasteiger partial charge in [-0.2, -0.15) is 0 Å². The molecule has 0 N–H and O–H groups in total. The zero-order valence-corrected chi connectivity index (χ0v) is 12.9. The van der Waals surface area contributed by atoms with E-state index < -0.39 is 4.92 Å². The van der Waals surface area contributed by atoms with Gasteiger partial charge in [-0.05, 0) is 24.6 Å². The number of hydrogen-bond acceptors (Lipinski definition) is 3. The molecule has 0 saturated heterocycles. The molecule has 0 aromatic heterocycles. The first-order valence-corrected chi connectivity index (χ1v) is 7.12. The highest BCUT2D eigenvalue weighted by atomic mass is 79.9. The van der Waals surface area contributed by atoms with E-state index in [-0.39, 0.29) is 17.3 Å². The van der Waals surface area contributed by atoms with E-state index in [2.05, 4.69) is 15.9 Å². The number of rotatable bonds is 4. The number of benzene rings is 2. The Hall–Kier alpha value is -1.59. The van der Waals surface area contributed by atoms with Crippen LogP contribution < -0.4 is 4.74 Å². The number of para-hydroxylation sites is 1. The Morgan fingerprint density at radius 2 is 2.10 bits per heavy atom. The summed E-state index contributed by atoms with van der Waals surface area (Å²) in [6.07, 6.45) is 0. The van der Waals surface area contributed by atoms with Crippen LogP contribution in [0.2, 0.25) is 0 Å².